The molecule has 0 unspecified atom stereocenters. The molecule has 0 amide bonds. The molecule has 3 aliphatic rings. The minimum Gasteiger partial charge on any atom is -0.481 e. The van der Waals surface area contributed by atoms with E-state index in [4.69, 9.17) is 14.0 Å². The summed E-state index contributed by atoms with van der Waals surface area (Å²) in [5.74, 6) is 8.76. The highest BCUT2D eigenvalue weighted by molar-refractivity contribution is 6.74. The molecule has 3 rings (SSSR count). The SMILES string of the molecule is CC(C)(C)[Si](C)(C)O[C@H](C#C[C@@H]1[C@H]2CC(=CCCC(=O)O)[C@H]2CC[C@H]1O[Si](C)(C)C(C)(C)C)C1CCCCC1. The van der Waals surface area contributed by atoms with E-state index in [1.165, 1.54) is 37.7 Å². The number of aliphatic carboxylic acids is 1. The van der Waals surface area contributed by atoms with Crippen LogP contribution in [0.4, 0.5) is 0 Å². The Morgan fingerprint density at radius 2 is 1.59 bits per heavy atom. The van der Waals surface area contributed by atoms with Crippen molar-refractivity contribution in [1.29, 1.82) is 0 Å². The summed E-state index contributed by atoms with van der Waals surface area (Å²) < 4.78 is 14.2. The van der Waals surface area contributed by atoms with Gasteiger partial charge in [-0.1, -0.05) is 84.3 Å². The van der Waals surface area contributed by atoms with E-state index in [9.17, 15) is 4.79 Å². The molecule has 3 saturated carbocycles. The van der Waals surface area contributed by atoms with Crippen molar-refractivity contribution in [2.75, 3.05) is 0 Å². The van der Waals surface area contributed by atoms with E-state index >= 15 is 0 Å². The van der Waals surface area contributed by atoms with E-state index in [0.29, 0.717) is 24.2 Å². The molecule has 6 heteroatoms. The minimum atomic E-state index is -1.95. The molecule has 0 saturated heterocycles. The Kier molecular flexibility index (Phi) is 10.5. The van der Waals surface area contributed by atoms with Crippen LogP contribution in [0.15, 0.2) is 11.6 Å². The van der Waals surface area contributed by atoms with Crippen LogP contribution in [0.25, 0.3) is 0 Å². The lowest BCUT2D eigenvalue weighted by atomic mass is 9.57. The Bertz CT molecular complexity index is 937. The Hall–Kier alpha value is -0.876. The summed E-state index contributed by atoms with van der Waals surface area (Å²) in [6.07, 6.45) is 12.8. The van der Waals surface area contributed by atoms with Crippen LogP contribution in [0.5, 0.6) is 0 Å². The zero-order chi connectivity index (χ0) is 29.2. The molecule has 0 bridgehead atoms. The van der Waals surface area contributed by atoms with Gasteiger partial charge >= 0.3 is 5.97 Å². The molecule has 3 fully saturated rings. The van der Waals surface area contributed by atoms with Gasteiger partial charge < -0.3 is 14.0 Å². The molecular formula is C33H58O4Si2. The van der Waals surface area contributed by atoms with Gasteiger partial charge in [-0.15, -0.1) is 0 Å². The number of hydrogen-bond donors (Lipinski definition) is 1. The van der Waals surface area contributed by atoms with E-state index in [-0.39, 0.29) is 34.6 Å². The Morgan fingerprint density at radius 1 is 0.974 bits per heavy atom. The second kappa shape index (κ2) is 12.6. The summed E-state index contributed by atoms with van der Waals surface area (Å²) >= 11 is 0. The maximum Gasteiger partial charge on any atom is 0.303 e. The second-order valence-electron chi connectivity index (χ2n) is 15.7. The van der Waals surface area contributed by atoms with Gasteiger partial charge in [-0.2, -0.15) is 0 Å². The third-order valence-electron chi connectivity index (χ3n) is 10.8. The monoisotopic (exact) mass is 574 g/mol. The van der Waals surface area contributed by atoms with Crippen molar-refractivity contribution in [3.63, 3.8) is 0 Å². The van der Waals surface area contributed by atoms with Crippen LogP contribution in [0, 0.1) is 35.5 Å². The number of hydrogen-bond acceptors (Lipinski definition) is 3. The van der Waals surface area contributed by atoms with Crippen LogP contribution in [-0.4, -0.2) is 39.9 Å². The van der Waals surface area contributed by atoms with Gasteiger partial charge in [-0.3, -0.25) is 4.79 Å². The van der Waals surface area contributed by atoms with Crippen LogP contribution in [0.2, 0.25) is 36.3 Å². The van der Waals surface area contributed by atoms with Gasteiger partial charge in [0.25, 0.3) is 0 Å². The van der Waals surface area contributed by atoms with Gasteiger partial charge in [0, 0.05) is 12.3 Å². The molecule has 0 radical (unpaired) electrons. The standard InChI is InChI=1S/C33H58O4Si2/c1-32(2,3)38(7,8)36-29(24-15-12-11-13-16-24)21-20-27-28-23-25(17-14-18-31(34)35)26(28)19-22-30(27)37-39(9,10)33(4,5)6/h17,24,26-30H,11-16,18-19,22-23H2,1-10H3,(H,34,35)/t26-,27-,28+,29-,30-/m1/s1. The first kappa shape index (κ1) is 32.6. The summed E-state index contributed by atoms with van der Waals surface area (Å²) in [6.45, 7) is 23.4. The van der Waals surface area contributed by atoms with Gasteiger partial charge in [0.15, 0.2) is 16.6 Å². The number of fused-ring (bicyclic) bond motifs is 1. The van der Waals surface area contributed by atoms with Crippen molar-refractivity contribution < 1.29 is 18.8 Å². The average molecular weight is 575 g/mol. The first-order valence-corrected chi connectivity index (χ1v) is 21.5. The van der Waals surface area contributed by atoms with E-state index in [1.54, 1.807) is 0 Å². The minimum absolute atomic E-state index is 0.0192. The Morgan fingerprint density at radius 3 is 2.15 bits per heavy atom. The zero-order valence-electron chi connectivity index (χ0n) is 26.8. The molecule has 4 nitrogen and oxygen atoms in total. The number of carboxylic acid groups (broad SMARTS) is 1. The molecule has 3 aliphatic carbocycles. The molecule has 0 spiro atoms. The lowest BCUT2D eigenvalue weighted by Gasteiger charge is -2.52. The number of carboxylic acids is 1. The lowest BCUT2D eigenvalue weighted by molar-refractivity contribution is -0.136. The van der Waals surface area contributed by atoms with E-state index in [2.05, 4.69) is 85.6 Å². The van der Waals surface area contributed by atoms with Crippen LogP contribution >= 0.6 is 0 Å². The van der Waals surface area contributed by atoms with Crippen molar-refractivity contribution in [3.05, 3.63) is 11.6 Å². The summed E-state index contributed by atoms with van der Waals surface area (Å²) in [5.41, 5.74) is 1.46. The van der Waals surface area contributed by atoms with E-state index in [0.717, 1.165) is 19.3 Å². The van der Waals surface area contributed by atoms with Crippen LogP contribution in [0.3, 0.4) is 0 Å². The van der Waals surface area contributed by atoms with Gasteiger partial charge in [-0.05, 0) is 92.5 Å². The van der Waals surface area contributed by atoms with Gasteiger partial charge in [-0.25, -0.2) is 0 Å². The summed E-state index contributed by atoms with van der Waals surface area (Å²) in [4.78, 5) is 11.0. The normalized spacial score (nSPS) is 28.7. The molecule has 0 aromatic carbocycles. The highest BCUT2D eigenvalue weighted by atomic mass is 28.4. The predicted molar refractivity (Wildman–Crippen MR) is 168 cm³/mol. The molecule has 39 heavy (non-hydrogen) atoms. The average Bonchev–Trinajstić information content (AvgIpc) is 2.79. The molecule has 0 heterocycles. The third-order valence-corrected chi connectivity index (χ3v) is 19.8. The Labute approximate surface area is 242 Å². The first-order chi connectivity index (χ1) is 17.9. The van der Waals surface area contributed by atoms with Gasteiger partial charge in [0.05, 0.1) is 6.10 Å². The quantitative estimate of drug-likeness (QED) is 0.178. The summed E-state index contributed by atoms with van der Waals surface area (Å²) in [6, 6.07) is 0. The topological polar surface area (TPSA) is 55.8 Å². The van der Waals surface area contributed by atoms with Crippen molar-refractivity contribution in [2.45, 2.75) is 154 Å². The van der Waals surface area contributed by atoms with Crippen molar-refractivity contribution in [2.24, 2.45) is 23.7 Å². The molecular weight excluding hydrogens is 517 g/mol. The lowest BCUT2D eigenvalue weighted by Crippen LogP contribution is -2.51. The predicted octanol–water partition coefficient (Wildman–Crippen LogP) is 9.19. The molecule has 0 aliphatic heterocycles. The smallest absolute Gasteiger partial charge is 0.303 e. The van der Waals surface area contributed by atoms with Crippen LogP contribution in [0.1, 0.15) is 106 Å². The highest BCUT2D eigenvalue weighted by Gasteiger charge is 2.50. The molecule has 5 atom stereocenters. The fourth-order valence-corrected chi connectivity index (χ4v) is 8.73. The largest absolute Gasteiger partial charge is 0.481 e. The highest BCUT2D eigenvalue weighted by Crippen LogP contribution is 2.53. The third kappa shape index (κ3) is 8.12. The van der Waals surface area contributed by atoms with Gasteiger partial charge in [0.1, 0.15) is 6.10 Å². The molecule has 222 valence electrons. The number of rotatable bonds is 8. The van der Waals surface area contributed by atoms with Crippen molar-refractivity contribution in [3.8, 4) is 11.8 Å². The second-order valence-corrected chi connectivity index (χ2v) is 25.2. The van der Waals surface area contributed by atoms with Crippen LogP contribution in [-0.2, 0) is 13.6 Å². The zero-order valence-corrected chi connectivity index (χ0v) is 28.8. The fourth-order valence-electron chi connectivity index (χ4n) is 6.11. The van der Waals surface area contributed by atoms with E-state index < -0.39 is 22.6 Å². The van der Waals surface area contributed by atoms with Gasteiger partial charge in [0.2, 0.25) is 0 Å². The molecule has 0 aromatic heterocycles. The number of allylic oxidation sites excluding steroid dienone is 2. The number of carbonyl (C=O) groups is 1. The van der Waals surface area contributed by atoms with E-state index in [1.807, 2.05) is 0 Å². The maximum atomic E-state index is 11.0. The Balaban J connectivity index is 1.90. The fraction of sp³-hybridized carbons (Fsp3) is 0.848. The van der Waals surface area contributed by atoms with Crippen molar-refractivity contribution in [1.82, 2.24) is 0 Å². The van der Waals surface area contributed by atoms with Crippen LogP contribution < -0.4 is 0 Å². The summed E-state index contributed by atoms with van der Waals surface area (Å²) in [5, 5.41) is 9.42. The van der Waals surface area contributed by atoms with Crippen molar-refractivity contribution >= 4 is 22.6 Å². The maximum absolute atomic E-state index is 11.0. The summed E-state index contributed by atoms with van der Waals surface area (Å²) in [7, 11) is -3.89. The molecule has 0 aromatic rings. The first-order valence-electron chi connectivity index (χ1n) is 15.7. The molecule has 1 N–H and O–H groups in total.